The fraction of sp³-hybridized carbons (Fsp3) is 0.217. The Morgan fingerprint density at radius 1 is 0.600 bits per heavy atom. The summed E-state index contributed by atoms with van der Waals surface area (Å²) >= 11 is 0. The standard InChI is InChI=1S/C34H35N2.C12H10N.Ir/c1-22(2)28-19-29(23(3)4)33(30(20-28)24(5)6)36-32-18-17-27(25-13-9-7-10-14-25)21-31(32)35-34(36)26-15-11-8-12-16-26;1-10-7-8-12(13-9-10)11-5-3-2-4-6-11;/h7-15,17-24H,1-6H3;2-5,7-9H,1H3;/q2*-1;. The number of rotatable bonds is 7. The zero-order valence-electron chi connectivity index (χ0n) is 30.0. The van der Waals surface area contributed by atoms with E-state index in [1.54, 1.807) is 0 Å². The third-order valence-corrected chi connectivity index (χ3v) is 8.93. The Hall–Kier alpha value is -4.63. The van der Waals surface area contributed by atoms with Gasteiger partial charge in [-0.1, -0.05) is 102 Å². The Bertz CT molecular complexity index is 2100. The van der Waals surface area contributed by atoms with Crippen LogP contribution in [0.1, 0.15) is 81.5 Å². The first-order valence-corrected chi connectivity index (χ1v) is 17.3. The molecule has 3 nitrogen and oxygen atoms in total. The normalized spacial score (nSPS) is 11.1. The van der Waals surface area contributed by atoms with Crippen LogP contribution in [0.15, 0.2) is 128 Å². The molecule has 7 aromatic rings. The van der Waals surface area contributed by atoms with Crippen LogP contribution < -0.4 is 0 Å². The van der Waals surface area contributed by atoms with Crippen LogP contribution in [-0.2, 0) is 20.1 Å². The first-order valence-electron chi connectivity index (χ1n) is 17.3. The molecule has 4 heteroatoms. The van der Waals surface area contributed by atoms with Crippen molar-refractivity contribution in [1.82, 2.24) is 14.5 Å². The Morgan fingerprint density at radius 2 is 1.22 bits per heavy atom. The van der Waals surface area contributed by atoms with Gasteiger partial charge in [0, 0.05) is 32.0 Å². The second-order valence-electron chi connectivity index (χ2n) is 13.6. The third-order valence-electron chi connectivity index (χ3n) is 8.93. The molecule has 0 bridgehead atoms. The first kappa shape index (κ1) is 36.6. The minimum atomic E-state index is 0. The van der Waals surface area contributed by atoms with E-state index in [4.69, 9.17) is 4.98 Å². The predicted octanol–water partition coefficient (Wildman–Crippen LogP) is 12.4. The molecule has 5 aromatic carbocycles. The van der Waals surface area contributed by atoms with E-state index >= 15 is 0 Å². The number of nitrogens with zero attached hydrogens (tertiary/aromatic N) is 3. The number of imidazole rings is 1. The number of fused-ring (bicyclic) bond motifs is 1. The maximum atomic E-state index is 5.24. The van der Waals surface area contributed by atoms with Crippen molar-refractivity contribution in [3.05, 3.63) is 162 Å². The molecule has 0 aliphatic carbocycles. The Morgan fingerprint density at radius 3 is 1.76 bits per heavy atom. The Kier molecular flexibility index (Phi) is 12.0. The van der Waals surface area contributed by atoms with E-state index in [0.717, 1.165) is 33.7 Å². The molecular weight excluding hydrogens is 787 g/mol. The Balaban J connectivity index is 0.000000291. The number of hydrogen-bond donors (Lipinski definition) is 0. The van der Waals surface area contributed by atoms with Crippen LogP contribution in [0.5, 0.6) is 0 Å². The fourth-order valence-corrected chi connectivity index (χ4v) is 6.19. The summed E-state index contributed by atoms with van der Waals surface area (Å²) in [5.41, 5.74) is 14.1. The molecule has 2 aromatic heterocycles. The van der Waals surface area contributed by atoms with Crippen LogP contribution in [0.25, 0.3) is 50.5 Å². The molecule has 0 atom stereocenters. The second-order valence-corrected chi connectivity index (χ2v) is 13.6. The van der Waals surface area contributed by atoms with Crippen molar-refractivity contribution < 1.29 is 20.1 Å². The minimum absolute atomic E-state index is 0. The van der Waals surface area contributed by atoms with E-state index in [2.05, 4.69) is 142 Å². The molecule has 0 saturated carbocycles. The van der Waals surface area contributed by atoms with Crippen molar-refractivity contribution in [3.8, 4) is 39.5 Å². The van der Waals surface area contributed by atoms with Crippen LogP contribution in [-0.4, -0.2) is 14.5 Å². The molecule has 2 heterocycles. The monoisotopic (exact) mass is 832 g/mol. The molecule has 0 spiro atoms. The van der Waals surface area contributed by atoms with Gasteiger partial charge in [0.2, 0.25) is 0 Å². The van der Waals surface area contributed by atoms with Gasteiger partial charge in [0.25, 0.3) is 0 Å². The van der Waals surface area contributed by atoms with Gasteiger partial charge in [-0.2, -0.15) is 0 Å². The average Bonchev–Trinajstić information content (AvgIpc) is 3.51. The SMILES string of the molecule is CC(C)c1cc(C(C)C)c(-n2c(-c3[c-]cccc3)nc3cc(-c4ccccc4)ccc32)c(C(C)C)c1.Cc1ccc(-c2[c-]cccc2)nc1.[Ir]. The molecule has 0 unspecified atom stereocenters. The van der Waals surface area contributed by atoms with Gasteiger partial charge in [0.1, 0.15) is 0 Å². The van der Waals surface area contributed by atoms with Gasteiger partial charge in [-0.15, -0.1) is 71.8 Å². The zero-order valence-corrected chi connectivity index (χ0v) is 32.4. The Labute approximate surface area is 311 Å². The summed E-state index contributed by atoms with van der Waals surface area (Å²) in [6, 6.07) is 48.7. The molecule has 50 heavy (non-hydrogen) atoms. The quantitative estimate of drug-likeness (QED) is 0.150. The van der Waals surface area contributed by atoms with Crippen LogP contribution in [0.2, 0.25) is 0 Å². The largest absolute Gasteiger partial charge is 0.333 e. The number of hydrogen-bond acceptors (Lipinski definition) is 2. The van der Waals surface area contributed by atoms with E-state index in [9.17, 15) is 0 Å². The van der Waals surface area contributed by atoms with E-state index in [-0.39, 0.29) is 20.1 Å². The second kappa shape index (κ2) is 16.4. The molecule has 0 fully saturated rings. The van der Waals surface area contributed by atoms with E-state index in [1.165, 1.54) is 39.1 Å². The molecule has 1 radical (unpaired) electrons. The van der Waals surface area contributed by atoms with Gasteiger partial charge in [-0.25, -0.2) is 0 Å². The maximum absolute atomic E-state index is 5.24. The van der Waals surface area contributed by atoms with E-state index in [1.807, 2.05) is 55.6 Å². The topological polar surface area (TPSA) is 30.7 Å². The summed E-state index contributed by atoms with van der Waals surface area (Å²) in [5, 5.41) is 0. The number of pyridine rings is 1. The summed E-state index contributed by atoms with van der Waals surface area (Å²) in [6.45, 7) is 15.8. The van der Waals surface area contributed by atoms with Crippen molar-refractivity contribution >= 4 is 11.0 Å². The van der Waals surface area contributed by atoms with Gasteiger partial charge in [0.05, 0.1) is 16.9 Å². The molecule has 7 rings (SSSR count). The maximum Gasteiger partial charge on any atom is 0.0780 e. The van der Waals surface area contributed by atoms with Crippen molar-refractivity contribution in [3.63, 3.8) is 0 Å². The summed E-state index contributed by atoms with van der Waals surface area (Å²) in [6.07, 6.45) is 1.87. The number of aromatic nitrogens is 3. The van der Waals surface area contributed by atoms with Crippen molar-refractivity contribution in [1.29, 1.82) is 0 Å². The fourth-order valence-electron chi connectivity index (χ4n) is 6.19. The van der Waals surface area contributed by atoms with Gasteiger partial charge >= 0.3 is 0 Å². The van der Waals surface area contributed by atoms with Crippen LogP contribution >= 0.6 is 0 Å². The molecule has 0 saturated heterocycles. The minimum Gasteiger partial charge on any atom is -0.333 e. The van der Waals surface area contributed by atoms with Crippen molar-refractivity contribution in [2.45, 2.75) is 66.2 Å². The summed E-state index contributed by atoms with van der Waals surface area (Å²) in [5.74, 6) is 2.18. The first-order chi connectivity index (χ1) is 23.7. The van der Waals surface area contributed by atoms with Gasteiger partial charge in [-0.3, -0.25) is 4.98 Å². The molecule has 255 valence electrons. The molecule has 0 amide bonds. The van der Waals surface area contributed by atoms with Crippen LogP contribution in [0.4, 0.5) is 0 Å². The van der Waals surface area contributed by atoms with E-state index in [0.29, 0.717) is 17.8 Å². The van der Waals surface area contributed by atoms with Gasteiger partial charge < -0.3 is 9.55 Å². The molecule has 0 aliphatic heterocycles. The smallest absolute Gasteiger partial charge is 0.0780 e. The van der Waals surface area contributed by atoms with Gasteiger partial charge in [0.15, 0.2) is 0 Å². The number of benzene rings is 5. The molecule has 0 N–H and O–H groups in total. The third kappa shape index (κ3) is 8.05. The molecule has 0 aliphatic rings. The zero-order chi connectivity index (χ0) is 34.5. The van der Waals surface area contributed by atoms with Crippen LogP contribution in [0, 0.1) is 19.1 Å². The van der Waals surface area contributed by atoms with Crippen LogP contribution in [0.3, 0.4) is 0 Å². The molecular formula is C46H45IrN3-2. The van der Waals surface area contributed by atoms with Crippen molar-refractivity contribution in [2.24, 2.45) is 0 Å². The van der Waals surface area contributed by atoms with E-state index < -0.39 is 0 Å². The number of aryl methyl sites for hydroxylation is 1. The summed E-state index contributed by atoms with van der Waals surface area (Å²) in [4.78, 5) is 9.55. The van der Waals surface area contributed by atoms with Gasteiger partial charge in [-0.05, 0) is 75.9 Å². The predicted molar refractivity (Wildman–Crippen MR) is 206 cm³/mol. The average molecular weight is 832 g/mol. The summed E-state index contributed by atoms with van der Waals surface area (Å²) < 4.78 is 2.39. The van der Waals surface area contributed by atoms with Crippen molar-refractivity contribution in [2.75, 3.05) is 0 Å². The summed E-state index contributed by atoms with van der Waals surface area (Å²) in [7, 11) is 0.